The molecule has 0 aliphatic rings. The lowest BCUT2D eigenvalue weighted by atomic mass is 9.82. The molecule has 1 atom stereocenters. The lowest BCUT2D eigenvalue weighted by Gasteiger charge is -2.27. The Balaban J connectivity index is 2.71. The minimum absolute atomic E-state index is 0.000171. The summed E-state index contributed by atoms with van der Waals surface area (Å²) in [5.41, 5.74) is 0.223. The summed E-state index contributed by atoms with van der Waals surface area (Å²) < 4.78 is 5.42. The Morgan fingerprint density at radius 3 is 2.32 bits per heavy atom. The number of hydrogen-bond acceptors (Lipinski definition) is 5. The first-order chi connectivity index (χ1) is 8.68. The van der Waals surface area contributed by atoms with E-state index in [1.165, 1.54) is 0 Å². The number of halogens is 1. The molecule has 0 aliphatic heterocycles. The molecule has 0 saturated carbocycles. The molecule has 5 nitrogen and oxygen atoms in total. The second-order valence-electron chi connectivity index (χ2n) is 6.03. The fourth-order valence-electron chi connectivity index (χ4n) is 1.23. The number of hydrogen-bond donors (Lipinski definition) is 1. The Bertz CT molecular complexity index is 418. The third kappa shape index (κ3) is 5.59. The molecule has 1 aromatic heterocycles. The van der Waals surface area contributed by atoms with Crippen LogP contribution in [0.25, 0.3) is 0 Å². The van der Waals surface area contributed by atoms with Crippen molar-refractivity contribution in [2.45, 2.75) is 47.6 Å². The summed E-state index contributed by atoms with van der Waals surface area (Å²) in [6.45, 7) is 13.4. The second kappa shape index (κ2) is 6.37. The molecule has 0 bridgehead atoms. The zero-order valence-corrected chi connectivity index (χ0v) is 13.2. The van der Waals surface area contributed by atoms with Gasteiger partial charge in [0.25, 0.3) is 0 Å². The van der Waals surface area contributed by atoms with E-state index in [0.29, 0.717) is 11.9 Å². The number of nitrogens with zero attached hydrogens (tertiary/aromatic N) is 3. The van der Waals surface area contributed by atoms with Crippen molar-refractivity contribution < 1.29 is 4.74 Å². The van der Waals surface area contributed by atoms with E-state index in [1.54, 1.807) is 0 Å². The Morgan fingerprint density at radius 1 is 1.16 bits per heavy atom. The number of nitrogens with one attached hydrogen (secondary N) is 1. The molecule has 0 saturated heterocycles. The third-order valence-electron chi connectivity index (χ3n) is 2.97. The molecule has 1 N–H and O–H groups in total. The quantitative estimate of drug-likeness (QED) is 0.899. The Morgan fingerprint density at radius 2 is 1.79 bits per heavy atom. The van der Waals surface area contributed by atoms with Gasteiger partial charge in [0.05, 0.1) is 6.10 Å². The molecule has 0 aromatic carbocycles. The summed E-state index contributed by atoms with van der Waals surface area (Å²) in [6.07, 6.45) is -0.000171. The summed E-state index contributed by atoms with van der Waals surface area (Å²) in [6, 6.07) is 0.251. The second-order valence-corrected chi connectivity index (χ2v) is 6.36. The maximum atomic E-state index is 5.86. The third-order valence-corrected chi connectivity index (χ3v) is 3.14. The van der Waals surface area contributed by atoms with Crippen molar-refractivity contribution in [1.29, 1.82) is 0 Å². The molecule has 1 aromatic rings. The average molecular weight is 287 g/mol. The summed E-state index contributed by atoms with van der Waals surface area (Å²) in [4.78, 5) is 12.2. The van der Waals surface area contributed by atoms with Crippen LogP contribution < -0.4 is 10.1 Å². The SMILES string of the molecule is CC(C)Oc1nc(Cl)nc(NCC(C)C(C)(C)C)n1. The van der Waals surface area contributed by atoms with Crippen molar-refractivity contribution in [2.75, 3.05) is 11.9 Å². The monoisotopic (exact) mass is 286 g/mol. The fourth-order valence-corrected chi connectivity index (χ4v) is 1.38. The number of aromatic nitrogens is 3. The zero-order chi connectivity index (χ0) is 14.6. The van der Waals surface area contributed by atoms with E-state index < -0.39 is 0 Å². The van der Waals surface area contributed by atoms with E-state index in [4.69, 9.17) is 16.3 Å². The van der Waals surface area contributed by atoms with Crippen molar-refractivity contribution in [3.63, 3.8) is 0 Å². The highest BCUT2D eigenvalue weighted by molar-refractivity contribution is 6.28. The van der Waals surface area contributed by atoms with Crippen LogP contribution in [0.1, 0.15) is 41.5 Å². The van der Waals surface area contributed by atoms with Crippen LogP contribution in [0.2, 0.25) is 5.28 Å². The lowest BCUT2D eigenvalue weighted by molar-refractivity contribution is 0.221. The molecule has 0 radical (unpaired) electrons. The van der Waals surface area contributed by atoms with E-state index in [1.807, 2.05) is 13.8 Å². The molecule has 1 heterocycles. The maximum absolute atomic E-state index is 5.86. The van der Waals surface area contributed by atoms with Crippen molar-refractivity contribution in [3.05, 3.63) is 5.28 Å². The highest BCUT2D eigenvalue weighted by Crippen LogP contribution is 2.25. The van der Waals surface area contributed by atoms with Crippen LogP contribution in [0.5, 0.6) is 6.01 Å². The van der Waals surface area contributed by atoms with Crippen molar-refractivity contribution in [2.24, 2.45) is 11.3 Å². The molecule has 0 aliphatic carbocycles. The minimum Gasteiger partial charge on any atom is -0.461 e. The fraction of sp³-hybridized carbons (Fsp3) is 0.769. The largest absolute Gasteiger partial charge is 0.461 e. The van der Waals surface area contributed by atoms with Gasteiger partial charge in [0.15, 0.2) is 0 Å². The number of rotatable bonds is 5. The van der Waals surface area contributed by atoms with E-state index in [-0.39, 0.29) is 22.8 Å². The number of ether oxygens (including phenoxy) is 1. The van der Waals surface area contributed by atoms with Crippen LogP contribution >= 0.6 is 11.6 Å². The van der Waals surface area contributed by atoms with E-state index in [2.05, 4.69) is 48.0 Å². The van der Waals surface area contributed by atoms with E-state index >= 15 is 0 Å². The topological polar surface area (TPSA) is 59.9 Å². The highest BCUT2D eigenvalue weighted by Gasteiger charge is 2.20. The predicted molar refractivity (Wildman–Crippen MR) is 77.7 cm³/mol. The molecule has 1 rings (SSSR count). The van der Waals surface area contributed by atoms with Gasteiger partial charge in [-0.1, -0.05) is 27.7 Å². The summed E-state index contributed by atoms with van der Waals surface area (Å²) in [5.74, 6) is 0.921. The number of anilines is 1. The van der Waals surface area contributed by atoms with Crippen LogP contribution in [0, 0.1) is 11.3 Å². The Kier molecular flexibility index (Phi) is 5.35. The predicted octanol–water partition coefficient (Wildman–Crippen LogP) is 3.41. The highest BCUT2D eigenvalue weighted by atomic mass is 35.5. The van der Waals surface area contributed by atoms with Gasteiger partial charge in [0, 0.05) is 6.54 Å². The molecular formula is C13H23ClN4O. The smallest absolute Gasteiger partial charge is 0.322 e. The molecule has 0 fully saturated rings. The first kappa shape index (κ1) is 16.0. The van der Waals surface area contributed by atoms with Gasteiger partial charge in [-0.15, -0.1) is 0 Å². The van der Waals surface area contributed by atoms with Crippen molar-refractivity contribution in [1.82, 2.24) is 15.0 Å². The van der Waals surface area contributed by atoms with Gasteiger partial charge in [0.1, 0.15) is 0 Å². The first-order valence-corrected chi connectivity index (χ1v) is 6.88. The van der Waals surface area contributed by atoms with Crippen LogP contribution in [0.4, 0.5) is 5.95 Å². The van der Waals surface area contributed by atoms with E-state index in [0.717, 1.165) is 6.54 Å². The van der Waals surface area contributed by atoms with Crippen molar-refractivity contribution in [3.8, 4) is 6.01 Å². The molecule has 1 unspecified atom stereocenters. The zero-order valence-electron chi connectivity index (χ0n) is 12.5. The van der Waals surface area contributed by atoms with Crippen LogP contribution in [0.3, 0.4) is 0 Å². The molecule has 108 valence electrons. The van der Waals surface area contributed by atoms with Gasteiger partial charge in [-0.3, -0.25) is 0 Å². The van der Waals surface area contributed by atoms with Crippen molar-refractivity contribution >= 4 is 17.5 Å². The Hall–Kier alpha value is -1.10. The first-order valence-electron chi connectivity index (χ1n) is 6.50. The van der Waals surface area contributed by atoms with E-state index in [9.17, 15) is 0 Å². The molecule has 0 amide bonds. The van der Waals surface area contributed by atoms with Crippen LogP contribution in [-0.2, 0) is 0 Å². The van der Waals surface area contributed by atoms with Gasteiger partial charge < -0.3 is 10.1 Å². The minimum atomic E-state index is -0.000171. The lowest BCUT2D eigenvalue weighted by Crippen LogP contribution is -2.25. The normalized spacial score (nSPS) is 13.5. The molecular weight excluding hydrogens is 264 g/mol. The summed E-state index contributed by atoms with van der Waals surface area (Å²) in [7, 11) is 0. The molecule has 0 spiro atoms. The molecule has 19 heavy (non-hydrogen) atoms. The molecule has 6 heteroatoms. The van der Waals surface area contributed by atoms with Gasteiger partial charge in [-0.25, -0.2) is 0 Å². The van der Waals surface area contributed by atoms with Crippen LogP contribution in [0.15, 0.2) is 0 Å². The van der Waals surface area contributed by atoms with Crippen LogP contribution in [-0.4, -0.2) is 27.6 Å². The maximum Gasteiger partial charge on any atom is 0.322 e. The van der Waals surface area contributed by atoms with Gasteiger partial charge in [-0.05, 0) is 36.8 Å². The Labute approximate surface area is 120 Å². The summed E-state index contributed by atoms with van der Waals surface area (Å²) >= 11 is 5.86. The summed E-state index contributed by atoms with van der Waals surface area (Å²) in [5, 5.41) is 3.31. The van der Waals surface area contributed by atoms with Gasteiger partial charge >= 0.3 is 6.01 Å². The average Bonchev–Trinajstić information content (AvgIpc) is 2.22. The standard InChI is InChI=1S/C13H23ClN4O/c1-8(2)19-12-17-10(14)16-11(18-12)15-7-9(3)13(4,5)6/h8-9H,7H2,1-6H3,(H,15,16,17,18). The van der Waals surface area contributed by atoms with Gasteiger partial charge in [-0.2, -0.15) is 15.0 Å². The van der Waals surface area contributed by atoms with Gasteiger partial charge in [0.2, 0.25) is 11.2 Å².